The quantitative estimate of drug-likeness (QED) is 0.862. The van der Waals surface area contributed by atoms with E-state index in [-0.39, 0.29) is 19.0 Å². The van der Waals surface area contributed by atoms with E-state index in [2.05, 4.69) is 15.0 Å². The van der Waals surface area contributed by atoms with E-state index >= 15 is 0 Å². The molecule has 4 nitrogen and oxygen atoms in total. The lowest BCUT2D eigenvalue weighted by Crippen LogP contribution is -2.07. The first kappa shape index (κ1) is 12.9. The van der Waals surface area contributed by atoms with Gasteiger partial charge in [0.2, 0.25) is 0 Å². The van der Waals surface area contributed by atoms with Gasteiger partial charge in [-0.05, 0) is 19.1 Å². The van der Waals surface area contributed by atoms with Crippen LogP contribution in [0.1, 0.15) is 12.1 Å². The van der Waals surface area contributed by atoms with Crippen molar-refractivity contribution in [2.24, 2.45) is 5.92 Å². The molecule has 3 rings (SSSR count). The third-order valence-corrected chi connectivity index (χ3v) is 3.18. The number of hydrogen-bond donors (Lipinski definition) is 0. The van der Waals surface area contributed by atoms with Crippen molar-refractivity contribution >= 4 is 0 Å². The Morgan fingerprint density at radius 2 is 2.00 bits per heavy atom. The lowest BCUT2D eigenvalue weighted by Gasteiger charge is -2.05. The summed E-state index contributed by atoms with van der Waals surface area (Å²) in [6.45, 7) is 1.85. The van der Waals surface area contributed by atoms with Gasteiger partial charge in [0.25, 0.3) is 5.92 Å². The number of ether oxygens (including phenoxy) is 1. The van der Waals surface area contributed by atoms with Gasteiger partial charge in [-0.1, -0.05) is 6.07 Å². The molecule has 0 aliphatic heterocycles. The molecule has 0 unspecified atom stereocenters. The Hall–Kier alpha value is -2.11. The lowest BCUT2D eigenvalue weighted by molar-refractivity contribution is 0.0842. The van der Waals surface area contributed by atoms with E-state index in [0.29, 0.717) is 0 Å². The number of alkyl halides is 2. The van der Waals surface area contributed by atoms with Gasteiger partial charge in [-0.2, -0.15) is 0 Å². The summed E-state index contributed by atoms with van der Waals surface area (Å²) in [5, 5.41) is 0. The van der Waals surface area contributed by atoms with E-state index in [1.54, 1.807) is 12.4 Å². The number of pyridine rings is 1. The molecule has 0 bridgehead atoms. The van der Waals surface area contributed by atoms with E-state index < -0.39 is 11.8 Å². The molecule has 0 N–H and O–H groups in total. The van der Waals surface area contributed by atoms with Crippen LogP contribution < -0.4 is 4.74 Å². The highest BCUT2D eigenvalue weighted by molar-refractivity contribution is 5.56. The standard InChI is InChI=1S/C14H13F2N3O/c1-9-3-2-4-12(19-9)10-6-17-13(18-7-10)20-8-11-5-14(11,15)16/h2-4,6-7,11H,5,8H2,1H3/t11-/m1/s1. The summed E-state index contributed by atoms with van der Waals surface area (Å²) in [5.74, 6) is -3.28. The SMILES string of the molecule is Cc1cccc(-c2cnc(OC[C@H]3CC3(F)F)nc2)n1. The second-order valence-electron chi connectivity index (χ2n) is 4.89. The highest BCUT2D eigenvalue weighted by atomic mass is 19.3. The molecule has 0 saturated heterocycles. The van der Waals surface area contributed by atoms with Gasteiger partial charge in [0.15, 0.2) is 0 Å². The smallest absolute Gasteiger partial charge is 0.316 e. The zero-order chi connectivity index (χ0) is 14.2. The number of halogens is 2. The second-order valence-corrected chi connectivity index (χ2v) is 4.89. The molecule has 0 aromatic carbocycles. The number of nitrogens with zero attached hydrogens (tertiary/aromatic N) is 3. The molecule has 6 heteroatoms. The monoisotopic (exact) mass is 277 g/mol. The van der Waals surface area contributed by atoms with Crippen molar-refractivity contribution in [1.29, 1.82) is 0 Å². The van der Waals surface area contributed by atoms with Crippen LogP contribution in [-0.2, 0) is 0 Å². The van der Waals surface area contributed by atoms with Crippen LogP contribution >= 0.6 is 0 Å². The van der Waals surface area contributed by atoms with Gasteiger partial charge in [-0.25, -0.2) is 18.7 Å². The summed E-state index contributed by atoms with van der Waals surface area (Å²) in [6, 6.07) is 5.77. The van der Waals surface area contributed by atoms with Crippen LogP contribution in [0.2, 0.25) is 0 Å². The molecule has 2 heterocycles. The maximum absolute atomic E-state index is 12.7. The molecule has 1 aliphatic rings. The largest absolute Gasteiger partial charge is 0.463 e. The zero-order valence-corrected chi connectivity index (χ0v) is 10.9. The Kier molecular flexibility index (Phi) is 3.08. The average Bonchev–Trinajstić information content (AvgIpc) is 3.05. The molecule has 1 atom stereocenters. The highest BCUT2D eigenvalue weighted by Crippen LogP contribution is 2.48. The number of aromatic nitrogens is 3. The predicted octanol–water partition coefficient (Wildman–Crippen LogP) is 2.88. The van der Waals surface area contributed by atoms with Crippen LogP contribution in [0.3, 0.4) is 0 Å². The maximum atomic E-state index is 12.7. The molecule has 1 fully saturated rings. The topological polar surface area (TPSA) is 47.9 Å². The summed E-state index contributed by atoms with van der Waals surface area (Å²) in [4.78, 5) is 12.4. The summed E-state index contributed by atoms with van der Waals surface area (Å²) in [5.41, 5.74) is 2.43. The van der Waals surface area contributed by atoms with Gasteiger partial charge in [-0.3, -0.25) is 4.98 Å². The molecule has 0 amide bonds. The van der Waals surface area contributed by atoms with Crippen molar-refractivity contribution in [2.45, 2.75) is 19.3 Å². The number of hydrogen-bond acceptors (Lipinski definition) is 4. The first-order valence-electron chi connectivity index (χ1n) is 6.31. The molecule has 104 valence electrons. The van der Waals surface area contributed by atoms with Crippen LogP contribution in [0.4, 0.5) is 8.78 Å². The van der Waals surface area contributed by atoms with Crippen LogP contribution in [0, 0.1) is 12.8 Å². The van der Waals surface area contributed by atoms with E-state index in [9.17, 15) is 8.78 Å². The van der Waals surface area contributed by atoms with Gasteiger partial charge in [-0.15, -0.1) is 0 Å². The van der Waals surface area contributed by atoms with E-state index in [0.717, 1.165) is 17.0 Å². The van der Waals surface area contributed by atoms with Crippen molar-refractivity contribution in [3.05, 3.63) is 36.3 Å². The van der Waals surface area contributed by atoms with Gasteiger partial charge in [0, 0.05) is 30.1 Å². The minimum atomic E-state index is -2.58. The van der Waals surface area contributed by atoms with Crippen LogP contribution in [-0.4, -0.2) is 27.5 Å². The van der Waals surface area contributed by atoms with Crippen LogP contribution in [0.25, 0.3) is 11.3 Å². The van der Waals surface area contributed by atoms with E-state index in [1.807, 2.05) is 25.1 Å². The van der Waals surface area contributed by atoms with E-state index in [4.69, 9.17) is 4.74 Å². The van der Waals surface area contributed by atoms with Crippen molar-refractivity contribution in [1.82, 2.24) is 15.0 Å². The molecular weight excluding hydrogens is 264 g/mol. The van der Waals surface area contributed by atoms with E-state index in [1.165, 1.54) is 0 Å². The number of rotatable bonds is 4. The Morgan fingerprint density at radius 1 is 1.30 bits per heavy atom. The molecule has 2 aromatic rings. The maximum Gasteiger partial charge on any atom is 0.316 e. The molecule has 20 heavy (non-hydrogen) atoms. The molecule has 0 radical (unpaired) electrons. The summed E-state index contributed by atoms with van der Waals surface area (Å²) < 4.78 is 30.5. The molecule has 2 aromatic heterocycles. The Bertz CT molecular complexity index is 616. The fourth-order valence-electron chi connectivity index (χ4n) is 1.85. The van der Waals surface area contributed by atoms with Crippen molar-refractivity contribution in [2.75, 3.05) is 6.61 Å². The molecule has 0 spiro atoms. The first-order valence-corrected chi connectivity index (χ1v) is 6.31. The van der Waals surface area contributed by atoms with Crippen molar-refractivity contribution in [3.63, 3.8) is 0 Å². The molecule has 1 saturated carbocycles. The summed E-state index contributed by atoms with van der Waals surface area (Å²) in [6.07, 6.45) is 3.04. The lowest BCUT2D eigenvalue weighted by atomic mass is 10.2. The predicted molar refractivity (Wildman–Crippen MR) is 68.5 cm³/mol. The minimum Gasteiger partial charge on any atom is -0.463 e. The van der Waals surface area contributed by atoms with Crippen molar-refractivity contribution in [3.8, 4) is 17.3 Å². The molecular formula is C14H13F2N3O. The van der Waals surface area contributed by atoms with Crippen LogP contribution in [0.15, 0.2) is 30.6 Å². The number of aryl methyl sites for hydroxylation is 1. The molecule has 1 aliphatic carbocycles. The Balaban J connectivity index is 1.65. The fourth-order valence-corrected chi connectivity index (χ4v) is 1.85. The normalized spacial score (nSPS) is 19.6. The van der Waals surface area contributed by atoms with Crippen molar-refractivity contribution < 1.29 is 13.5 Å². The van der Waals surface area contributed by atoms with Gasteiger partial charge >= 0.3 is 6.01 Å². The third-order valence-electron chi connectivity index (χ3n) is 3.18. The highest BCUT2D eigenvalue weighted by Gasteiger charge is 2.57. The summed E-state index contributed by atoms with van der Waals surface area (Å²) >= 11 is 0. The van der Waals surface area contributed by atoms with Gasteiger partial charge < -0.3 is 4.74 Å². The Labute approximate surface area is 114 Å². The third kappa shape index (κ3) is 2.74. The zero-order valence-electron chi connectivity index (χ0n) is 10.9. The van der Waals surface area contributed by atoms with Gasteiger partial charge in [0.05, 0.1) is 11.6 Å². The fraction of sp³-hybridized carbons (Fsp3) is 0.357. The second kappa shape index (κ2) is 4.77. The van der Waals surface area contributed by atoms with Crippen LogP contribution in [0.5, 0.6) is 6.01 Å². The average molecular weight is 277 g/mol. The first-order chi connectivity index (χ1) is 9.54. The minimum absolute atomic E-state index is 0.0466. The Morgan fingerprint density at radius 3 is 2.60 bits per heavy atom. The summed E-state index contributed by atoms with van der Waals surface area (Å²) in [7, 11) is 0. The van der Waals surface area contributed by atoms with Gasteiger partial charge in [0.1, 0.15) is 6.61 Å².